The normalized spacial score (nSPS) is 15.6. The number of carbonyl (C=O) groups excluding carboxylic acids is 1. The molecule has 2 aromatic carbocycles. The van der Waals surface area contributed by atoms with Gasteiger partial charge in [-0.3, -0.25) is 4.79 Å². The molecule has 0 spiro atoms. The third kappa shape index (κ3) is 3.69. The molecule has 28 heavy (non-hydrogen) atoms. The number of nitrogens with zero attached hydrogens (tertiary/aromatic N) is 2. The number of aryl methyl sites for hydroxylation is 2. The van der Waals surface area contributed by atoms with E-state index in [0.717, 1.165) is 29.7 Å². The first-order valence-corrected chi connectivity index (χ1v) is 9.39. The second-order valence-electron chi connectivity index (χ2n) is 7.00. The van der Waals surface area contributed by atoms with Gasteiger partial charge in [0.15, 0.2) is 0 Å². The van der Waals surface area contributed by atoms with E-state index in [4.69, 9.17) is 4.74 Å². The lowest BCUT2D eigenvalue weighted by Gasteiger charge is -2.12. The van der Waals surface area contributed by atoms with Crippen LogP contribution in [0.1, 0.15) is 34.7 Å². The largest absolute Gasteiger partial charge is 0.480 e. The molecule has 0 radical (unpaired) electrons. The molecule has 1 unspecified atom stereocenters. The van der Waals surface area contributed by atoms with Gasteiger partial charge in [-0.1, -0.05) is 30.3 Å². The van der Waals surface area contributed by atoms with E-state index >= 15 is 0 Å². The van der Waals surface area contributed by atoms with Crippen LogP contribution >= 0.6 is 0 Å². The molecule has 3 aromatic rings. The highest BCUT2D eigenvalue weighted by Crippen LogP contribution is 2.30. The molecular weight excluding hydrogens is 350 g/mol. The van der Waals surface area contributed by atoms with Gasteiger partial charge in [-0.25, -0.2) is 4.98 Å². The van der Waals surface area contributed by atoms with Crippen LogP contribution in [0.5, 0.6) is 5.88 Å². The zero-order valence-electron chi connectivity index (χ0n) is 16.1. The molecule has 5 heteroatoms. The molecule has 0 aliphatic heterocycles. The molecule has 0 saturated carbocycles. The Labute approximate surface area is 164 Å². The van der Waals surface area contributed by atoms with Gasteiger partial charge >= 0.3 is 0 Å². The van der Waals surface area contributed by atoms with Crippen molar-refractivity contribution in [1.29, 1.82) is 0 Å². The molecule has 142 valence electrons. The molecule has 1 aromatic heterocycles. The Morgan fingerprint density at radius 1 is 1.29 bits per heavy atom. The summed E-state index contributed by atoms with van der Waals surface area (Å²) in [6, 6.07) is 14.5. The van der Waals surface area contributed by atoms with Crippen molar-refractivity contribution in [2.75, 3.05) is 7.11 Å². The van der Waals surface area contributed by atoms with E-state index in [1.54, 1.807) is 19.5 Å². The van der Waals surface area contributed by atoms with Crippen molar-refractivity contribution in [2.45, 2.75) is 25.8 Å². The van der Waals surface area contributed by atoms with Crippen LogP contribution in [0.2, 0.25) is 0 Å². The van der Waals surface area contributed by atoms with Crippen LogP contribution in [-0.2, 0) is 11.2 Å². The van der Waals surface area contributed by atoms with Crippen LogP contribution in [0.4, 0.5) is 0 Å². The van der Waals surface area contributed by atoms with Gasteiger partial charge in [0, 0.05) is 11.8 Å². The number of aromatic nitrogens is 2. The first-order valence-electron chi connectivity index (χ1n) is 9.39. The number of hydrogen-bond donors (Lipinski definition) is 1. The standard InChI is InChI=1S/C23H23N3O2/c1-16-13-17(7-11-21(16)26-14-23(28-2)24-15-26)8-12-22(27)25-20-10-9-18-5-3-4-6-19(18)20/h3-8,11-15,20H,9-10H2,1-2H3,(H,25,27)/b12-8+. The molecule has 1 N–H and O–H groups in total. The third-order valence-corrected chi connectivity index (χ3v) is 5.14. The van der Waals surface area contributed by atoms with Gasteiger partial charge in [-0.15, -0.1) is 0 Å². The van der Waals surface area contributed by atoms with Gasteiger partial charge in [0.2, 0.25) is 11.8 Å². The number of methoxy groups -OCH3 is 1. The van der Waals surface area contributed by atoms with E-state index in [1.165, 1.54) is 11.1 Å². The first-order chi connectivity index (χ1) is 13.6. The minimum Gasteiger partial charge on any atom is -0.480 e. The topological polar surface area (TPSA) is 56.1 Å². The molecule has 1 aliphatic rings. The zero-order chi connectivity index (χ0) is 19.5. The van der Waals surface area contributed by atoms with E-state index in [0.29, 0.717) is 5.88 Å². The fourth-order valence-corrected chi connectivity index (χ4v) is 3.71. The Hall–Kier alpha value is -3.34. The summed E-state index contributed by atoms with van der Waals surface area (Å²) in [5.74, 6) is 0.510. The van der Waals surface area contributed by atoms with Crippen molar-refractivity contribution < 1.29 is 9.53 Å². The summed E-state index contributed by atoms with van der Waals surface area (Å²) in [6.07, 6.45) is 9.00. The van der Waals surface area contributed by atoms with Crippen molar-refractivity contribution in [3.8, 4) is 11.6 Å². The molecule has 1 atom stereocenters. The molecule has 1 aliphatic carbocycles. The minimum atomic E-state index is -0.0669. The highest BCUT2D eigenvalue weighted by molar-refractivity contribution is 5.92. The Bertz CT molecular complexity index is 1040. The van der Waals surface area contributed by atoms with E-state index < -0.39 is 0 Å². The van der Waals surface area contributed by atoms with Crippen LogP contribution in [0, 0.1) is 6.92 Å². The van der Waals surface area contributed by atoms with E-state index in [-0.39, 0.29) is 11.9 Å². The Kier molecular flexibility index (Phi) is 4.98. The van der Waals surface area contributed by atoms with E-state index in [2.05, 4.69) is 34.6 Å². The number of ether oxygens (including phenoxy) is 1. The van der Waals surface area contributed by atoms with Gasteiger partial charge in [0.1, 0.15) is 6.33 Å². The minimum absolute atomic E-state index is 0.0669. The number of nitrogens with one attached hydrogen (secondary N) is 1. The number of carbonyl (C=O) groups is 1. The van der Waals surface area contributed by atoms with Gasteiger partial charge < -0.3 is 14.6 Å². The second kappa shape index (κ2) is 7.72. The lowest BCUT2D eigenvalue weighted by molar-refractivity contribution is -0.117. The van der Waals surface area contributed by atoms with Crippen LogP contribution in [0.15, 0.2) is 61.1 Å². The Balaban J connectivity index is 1.43. The van der Waals surface area contributed by atoms with Gasteiger partial charge in [-0.05, 0) is 60.2 Å². The van der Waals surface area contributed by atoms with Crippen LogP contribution in [-0.4, -0.2) is 22.6 Å². The Morgan fingerprint density at radius 2 is 2.14 bits per heavy atom. The average Bonchev–Trinajstić information content (AvgIpc) is 3.34. The third-order valence-electron chi connectivity index (χ3n) is 5.14. The molecule has 4 rings (SSSR count). The second-order valence-corrected chi connectivity index (χ2v) is 7.00. The fraction of sp³-hybridized carbons (Fsp3) is 0.217. The van der Waals surface area contributed by atoms with Crippen LogP contribution < -0.4 is 10.1 Å². The van der Waals surface area contributed by atoms with E-state index in [9.17, 15) is 4.79 Å². The van der Waals surface area contributed by atoms with Crippen molar-refractivity contribution >= 4 is 12.0 Å². The molecule has 0 fully saturated rings. The predicted molar refractivity (Wildman–Crippen MR) is 110 cm³/mol. The van der Waals surface area contributed by atoms with Crippen LogP contribution in [0.25, 0.3) is 11.8 Å². The molecular formula is C23H23N3O2. The summed E-state index contributed by atoms with van der Waals surface area (Å²) in [6.45, 7) is 2.04. The maximum absolute atomic E-state index is 12.4. The summed E-state index contributed by atoms with van der Waals surface area (Å²) >= 11 is 0. The van der Waals surface area contributed by atoms with Gasteiger partial charge in [-0.2, -0.15) is 0 Å². The number of hydrogen-bond acceptors (Lipinski definition) is 3. The van der Waals surface area contributed by atoms with Gasteiger partial charge in [0.25, 0.3) is 0 Å². The maximum atomic E-state index is 12.4. The summed E-state index contributed by atoms with van der Waals surface area (Å²) in [5.41, 5.74) is 5.67. The lowest BCUT2D eigenvalue weighted by atomic mass is 10.1. The number of imidazole rings is 1. The van der Waals surface area contributed by atoms with Crippen molar-refractivity contribution in [2.24, 2.45) is 0 Å². The molecule has 0 bridgehead atoms. The number of fused-ring (bicyclic) bond motifs is 1. The predicted octanol–water partition coefficient (Wildman–Crippen LogP) is 4.01. The lowest BCUT2D eigenvalue weighted by Crippen LogP contribution is -2.25. The molecule has 0 saturated heterocycles. The van der Waals surface area contributed by atoms with Crippen LogP contribution in [0.3, 0.4) is 0 Å². The van der Waals surface area contributed by atoms with E-state index in [1.807, 2.05) is 42.0 Å². The SMILES string of the molecule is COc1cn(-c2ccc(/C=C/C(=O)NC3CCc4ccccc43)cc2C)cn1. The quantitative estimate of drug-likeness (QED) is 0.688. The number of rotatable bonds is 5. The summed E-state index contributed by atoms with van der Waals surface area (Å²) < 4.78 is 7.06. The summed E-state index contributed by atoms with van der Waals surface area (Å²) in [4.78, 5) is 16.5. The molecule has 5 nitrogen and oxygen atoms in total. The summed E-state index contributed by atoms with van der Waals surface area (Å²) in [7, 11) is 1.60. The average molecular weight is 373 g/mol. The van der Waals surface area contributed by atoms with Crippen molar-refractivity contribution in [1.82, 2.24) is 14.9 Å². The highest BCUT2D eigenvalue weighted by Gasteiger charge is 2.22. The summed E-state index contributed by atoms with van der Waals surface area (Å²) in [5, 5.41) is 3.11. The molecule has 1 amide bonds. The maximum Gasteiger partial charge on any atom is 0.244 e. The number of benzene rings is 2. The van der Waals surface area contributed by atoms with Crippen molar-refractivity contribution in [3.63, 3.8) is 0 Å². The zero-order valence-corrected chi connectivity index (χ0v) is 16.1. The van der Waals surface area contributed by atoms with Crippen molar-refractivity contribution in [3.05, 3.63) is 83.3 Å². The molecule has 1 heterocycles. The van der Waals surface area contributed by atoms with Gasteiger partial charge in [0.05, 0.1) is 19.3 Å². The fourth-order valence-electron chi connectivity index (χ4n) is 3.71. The highest BCUT2D eigenvalue weighted by atomic mass is 16.5. The first kappa shape index (κ1) is 18.0. The smallest absolute Gasteiger partial charge is 0.244 e. The monoisotopic (exact) mass is 373 g/mol. The Morgan fingerprint density at radius 3 is 2.93 bits per heavy atom. The number of amides is 1.